The second kappa shape index (κ2) is 5.40. The third kappa shape index (κ3) is 2.52. The summed E-state index contributed by atoms with van der Waals surface area (Å²) in [5, 5.41) is 16.0. The number of carbonyl (C=O) groups excluding carboxylic acids is 1. The van der Waals surface area contributed by atoms with E-state index in [0.29, 0.717) is 30.8 Å². The van der Waals surface area contributed by atoms with E-state index in [1.807, 2.05) is 30.3 Å². The number of aliphatic carboxylic acids is 1. The largest absolute Gasteiger partial charge is 0.480 e. The van der Waals surface area contributed by atoms with Crippen molar-refractivity contribution in [1.29, 1.82) is 0 Å². The zero-order chi connectivity index (χ0) is 14.8. The number of rotatable bonds is 3. The Morgan fingerprint density at radius 2 is 2.05 bits per heavy atom. The highest BCUT2D eigenvalue weighted by atomic mass is 16.4. The Morgan fingerprint density at radius 3 is 2.76 bits per heavy atom. The fourth-order valence-electron chi connectivity index (χ4n) is 2.61. The van der Waals surface area contributed by atoms with Crippen LogP contribution >= 0.6 is 0 Å². The van der Waals surface area contributed by atoms with E-state index >= 15 is 0 Å². The summed E-state index contributed by atoms with van der Waals surface area (Å²) in [4.78, 5) is 24.9. The number of carboxylic acids is 1. The predicted octanol–water partition coefficient (Wildman–Crippen LogP) is 1.77. The number of carbonyl (C=O) groups is 2. The monoisotopic (exact) mass is 285 g/mol. The summed E-state index contributed by atoms with van der Waals surface area (Å²) in [6.45, 7) is 0.468. The van der Waals surface area contributed by atoms with Gasteiger partial charge < -0.3 is 10.0 Å². The third-order valence-electron chi connectivity index (χ3n) is 3.68. The van der Waals surface area contributed by atoms with E-state index in [0.717, 1.165) is 5.56 Å². The summed E-state index contributed by atoms with van der Waals surface area (Å²) in [7, 11) is 0. The highest BCUT2D eigenvalue weighted by molar-refractivity contribution is 5.96. The molecule has 1 fully saturated rings. The van der Waals surface area contributed by atoms with Gasteiger partial charge in [0.15, 0.2) is 0 Å². The van der Waals surface area contributed by atoms with Gasteiger partial charge in [0.2, 0.25) is 0 Å². The molecule has 0 saturated carbocycles. The number of aromatic nitrogens is 2. The highest BCUT2D eigenvalue weighted by Crippen LogP contribution is 2.22. The number of nitrogens with one attached hydrogen (secondary N) is 1. The maximum absolute atomic E-state index is 12.4. The lowest BCUT2D eigenvalue weighted by Gasteiger charge is -2.20. The summed E-state index contributed by atoms with van der Waals surface area (Å²) in [5.74, 6) is -1.27. The Hall–Kier alpha value is -2.63. The lowest BCUT2D eigenvalue weighted by atomic mass is 10.1. The number of nitrogens with zero attached hydrogens (tertiary/aromatic N) is 2. The first-order valence-corrected chi connectivity index (χ1v) is 6.81. The van der Waals surface area contributed by atoms with Crippen molar-refractivity contribution in [3.05, 3.63) is 42.1 Å². The number of aromatic amines is 1. The summed E-state index contributed by atoms with van der Waals surface area (Å²) >= 11 is 0. The maximum atomic E-state index is 12.4. The summed E-state index contributed by atoms with van der Waals surface area (Å²) in [6.07, 6.45) is 1.21. The van der Waals surface area contributed by atoms with Gasteiger partial charge in [0.05, 0.1) is 5.69 Å². The summed E-state index contributed by atoms with van der Waals surface area (Å²) in [5.41, 5.74) is 1.90. The first-order chi connectivity index (χ1) is 10.2. The Bertz CT molecular complexity index is 666. The quantitative estimate of drug-likeness (QED) is 0.899. The van der Waals surface area contributed by atoms with Gasteiger partial charge in [-0.3, -0.25) is 9.89 Å². The van der Waals surface area contributed by atoms with Crippen LogP contribution in [0.2, 0.25) is 0 Å². The van der Waals surface area contributed by atoms with Crippen LogP contribution in [0.4, 0.5) is 0 Å². The molecule has 2 N–H and O–H groups in total. The van der Waals surface area contributed by atoms with Gasteiger partial charge in [-0.2, -0.15) is 5.10 Å². The lowest BCUT2D eigenvalue weighted by molar-refractivity contribution is -0.141. The number of likely N-dealkylation sites (tertiary alicyclic amines) is 1. The molecule has 0 aliphatic carbocycles. The van der Waals surface area contributed by atoms with Crippen LogP contribution in [0.15, 0.2) is 36.4 Å². The average Bonchev–Trinajstić information content (AvgIpc) is 3.17. The van der Waals surface area contributed by atoms with E-state index < -0.39 is 12.0 Å². The normalized spacial score (nSPS) is 17.9. The van der Waals surface area contributed by atoms with Crippen LogP contribution in [-0.4, -0.2) is 44.7 Å². The Kier molecular flexibility index (Phi) is 3.43. The summed E-state index contributed by atoms with van der Waals surface area (Å²) < 4.78 is 0. The van der Waals surface area contributed by atoms with Crippen molar-refractivity contribution in [3.63, 3.8) is 0 Å². The average molecular weight is 285 g/mol. The van der Waals surface area contributed by atoms with Crippen molar-refractivity contribution >= 4 is 11.9 Å². The predicted molar refractivity (Wildman–Crippen MR) is 75.7 cm³/mol. The van der Waals surface area contributed by atoms with E-state index in [1.165, 1.54) is 4.90 Å². The molecule has 108 valence electrons. The van der Waals surface area contributed by atoms with E-state index in [4.69, 9.17) is 5.11 Å². The van der Waals surface area contributed by atoms with Crippen molar-refractivity contribution in [2.75, 3.05) is 6.54 Å². The molecule has 21 heavy (non-hydrogen) atoms. The fourth-order valence-corrected chi connectivity index (χ4v) is 2.61. The number of benzene rings is 1. The summed E-state index contributed by atoms with van der Waals surface area (Å²) in [6, 6.07) is 10.4. The molecule has 6 nitrogen and oxygen atoms in total. The van der Waals surface area contributed by atoms with Crippen LogP contribution in [0.3, 0.4) is 0 Å². The van der Waals surface area contributed by atoms with E-state index in [2.05, 4.69) is 10.2 Å². The molecule has 2 heterocycles. The lowest BCUT2D eigenvalue weighted by Crippen LogP contribution is -2.40. The zero-order valence-corrected chi connectivity index (χ0v) is 11.3. The number of carboxylic acid groups (broad SMARTS) is 1. The van der Waals surface area contributed by atoms with Crippen LogP contribution in [0.25, 0.3) is 11.3 Å². The molecular formula is C15H15N3O3. The molecule has 2 aromatic rings. The molecule has 1 aliphatic heterocycles. The molecule has 6 heteroatoms. The minimum Gasteiger partial charge on any atom is -0.480 e. The number of hydrogen-bond donors (Lipinski definition) is 2. The van der Waals surface area contributed by atoms with Crippen LogP contribution in [0.5, 0.6) is 0 Å². The van der Waals surface area contributed by atoms with Gasteiger partial charge in [0.25, 0.3) is 5.91 Å². The molecule has 0 radical (unpaired) electrons. The van der Waals surface area contributed by atoms with Crippen LogP contribution in [0.1, 0.15) is 23.3 Å². The Labute approximate surface area is 121 Å². The Balaban J connectivity index is 1.83. The molecule has 3 rings (SSSR count). The standard InChI is InChI=1S/C15H15N3O3/c19-14(18-8-4-7-13(18)15(20)21)12-9-11(16-17-12)10-5-2-1-3-6-10/h1-3,5-6,9,13H,4,7-8H2,(H,16,17)(H,20,21). The fraction of sp³-hybridized carbons (Fsp3) is 0.267. The van der Waals surface area contributed by atoms with Gasteiger partial charge in [0.1, 0.15) is 11.7 Å². The van der Waals surface area contributed by atoms with Crippen molar-refractivity contribution < 1.29 is 14.7 Å². The SMILES string of the molecule is O=C(O)C1CCCN1C(=O)c1cc(-c2ccccc2)n[nH]1. The second-order valence-electron chi connectivity index (χ2n) is 5.03. The van der Waals surface area contributed by atoms with E-state index in [-0.39, 0.29) is 5.91 Å². The molecule has 1 unspecified atom stereocenters. The molecule has 1 saturated heterocycles. The first kappa shape index (κ1) is 13.4. The van der Waals surface area contributed by atoms with Gasteiger partial charge in [-0.05, 0) is 18.9 Å². The number of H-pyrrole nitrogens is 1. The molecule has 1 amide bonds. The maximum Gasteiger partial charge on any atom is 0.326 e. The van der Waals surface area contributed by atoms with Gasteiger partial charge in [-0.15, -0.1) is 0 Å². The highest BCUT2D eigenvalue weighted by Gasteiger charge is 2.35. The van der Waals surface area contributed by atoms with Crippen molar-refractivity contribution in [3.8, 4) is 11.3 Å². The first-order valence-electron chi connectivity index (χ1n) is 6.81. The van der Waals surface area contributed by atoms with Crippen LogP contribution < -0.4 is 0 Å². The van der Waals surface area contributed by atoms with Crippen LogP contribution in [-0.2, 0) is 4.79 Å². The van der Waals surface area contributed by atoms with Crippen molar-refractivity contribution in [1.82, 2.24) is 15.1 Å². The van der Waals surface area contributed by atoms with E-state index in [1.54, 1.807) is 6.07 Å². The smallest absolute Gasteiger partial charge is 0.326 e. The molecule has 1 aromatic carbocycles. The zero-order valence-electron chi connectivity index (χ0n) is 11.3. The minimum absolute atomic E-state index is 0.311. The number of amides is 1. The molecule has 1 atom stereocenters. The van der Waals surface area contributed by atoms with E-state index in [9.17, 15) is 9.59 Å². The van der Waals surface area contributed by atoms with Crippen LogP contribution in [0, 0.1) is 0 Å². The molecule has 1 aliphatic rings. The molecule has 1 aromatic heterocycles. The van der Waals surface area contributed by atoms with Crippen molar-refractivity contribution in [2.24, 2.45) is 0 Å². The minimum atomic E-state index is -0.955. The van der Waals surface area contributed by atoms with Gasteiger partial charge in [0, 0.05) is 12.1 Å². The Morgan fingerprint density at radius 1 is 1.29 bits per heavy atom. The molecular weight excluding hydrogens is 270 g/mol. The van der Waals surface area contributed by atoms with Gasteiger partial charge in [-0.25, -0.2) is 4.79 Å². The van der Waals surface area contributed by atoms with Gasteiger partial charge in [-0.1, -0.05) is 30.3 Å². The van der Waals surface area contributed by atoms with Crippen molar-refractivity contribution in [2.45, 2.75) is 18.9 Å². The molecule has 0 bridgehead atoms. The number of hydrogen-bond acceptors (Lipinski definition) is 3. The topological polar surface area (TPSA) is 86.3 Å². The molecule has 0 spiro atoms. The second-order valence-corrected chi connectivity index (χ2v) is 5.03. The third-order valence-corrected chi connectivity index (χ3v) is 3.68. The van der Waals surface area contributed by atoms with Gasteiger partial charge >= 0.3 is 5.97 Å².